The number of carbonyl (C=O) groups is 1. The Morgan fingerprint density at radius 3 is 2.62 bits per heavy atom. The van der Waals surface area contributed by atoms with Crippen LogP contribution in [0.2, 0.25) is 0 Å². The summed E-state index contributed by atoms with van der Waals surface area (Å²) in [6.45, 7) is 1.50. The van der Waals surface area contributed by atoms with Gasteiger partial charge in [0.2, 0.25) is 10.0 Å². The lowest BCUT2D eigenvalue weighted by Gasteiger charge is -2.30. The molecule has 0 atom stereocenters. The molecule has 118 valence electrons. The molecule has 1 fully saturated rings. The Morgan fingerprint density at radius 1 is 1.52 bits per heavy atom. The second kappa shape index (κ2) is 6.74. The molecular formula is C12H16BrNO5S2. The first-order chi connectivity index (χ1) is 9.86. The SMILES string of the molecule is COCC1CCN(S(=O)(=O)c2cc(C(=O)O)sc2Br)CC1. The molecule has 21 heavy (non-hydrogen) atoms. The predicted molar refractivity (Wildman–Crippen MR) is 82.3 cm³/mol. The van der Waals surface area contributed by atoms with E-state index >= 15 is 0 Å². The topological polar surface area (TPSA) is 83.9 Å². The summed E-state index contributed by atoms with van der Waals surface area (Å²) < 4.78 is 32.0. The van der Waals surface area contributed by atoms with Crippen LogP contribution in [0.3, 0.4) is 0 Å². The molecule has 1 aliphatic heterocycles. The molecular weight excluding hydrogens is 382 g/mol. The standard InChI is InChI=1S/C12H16BrNO5S2/c1-19-7-8-2-4-14(5-3-8)21(17,18)10-6-9(12(15)16)20-11(10)13/h6,8H,2-5,7H2,1H3,(H,15,16). The molecule has 2 rings (SSSR count). The molecule has 0 bridgehead atoms. The number of sulfonamides is 1. The molecule has 1 saturated heterocycles. The lowest BCUT2D eigenvalue weighted by molar-refractivity contribution is 0.0702. The van der Waals surface area contributed by atoms with Gasteiger partial charge >= 0.3 is 5.97 Å². The Balaban J connectivity index is 2.18. The number of hydrogen-bond acceptors (Lipinski definition) is 5. The minimum atomic E-state index is -3.65. The van der Waals surface area contributed by atoms with Gasteiger partial charge in [-0.3, -0.25) is 0 Å². The Bertz CT molecular complexity index is 620. The van der Waals surface area contributed by atoms with Crippen molar-refractivity contribution >= 4 is 43.3 Å². The monoisotopic (exact) mass is 397 g/mol. The smallest absolute Gasteiger partial charge is 0.345 e. The molecule has 1 aromatic rings. The summed E-state index contributed by atoms with van der Waals surface area (Å²) in [6.07, 6.45) is 1.50. The van der Waals surface area contributed by atoms with Gasteiger partial charge in [0.05, 0.1) is 3.79 Å². The first-order valence-electron chi connectivity index (χ1n) is 6.38. The van der Waals surface area contributed by atoms with Crippen molar-refractivity contribution in [3.8, 4) is 0 Å². The molecule has 0 aliphatic carbocycles. The van der Waals surface area contributed by atoms with Crippen molar-refractivity contribution in [2.24, 2.45) is 5.92 Å². The van der Waals surface area contributed by atoms with Crippen molar-refractivity contribution in [3.63, 3.8) is 0 Å². The van der Waals surface area contributed by atoms with E-state index in [1.165, 1.54) is 10.4 Å². The Morgan fingerprint density at radius 2 is 2.14 bits per heavy atom. The van der Waals surface area contributed by atoms with E-state index in [1.807, 2.05) is 0 Å². The average molecular weight is 398 g/mol. The molecule has 1 aliphatic rings. The van der Waals surface area contributed by atoms with Crippen LogP contribution in [0.15, 0.2) is 14.7 Å². The molecule has 0 spiro atoms. The van der Waals surface area contributed by atoms with Crippen LogP contribution >= 0.6 is 27.3 Å². The maximum atomic E-state index is 12.6. The summed E-state index contributed by atoms with van der Waals surface area (Å²) in [5, 5.41) is 8.96. The van der Waals surface area contributed by atoms with Gasteiger partial charge in [-0.2, -0.15) is 4.31 Å². The molecule has 0 saturated carbocycles. The highest BCUT2D eigenvalue weighted by Gasteiger charge is 2.32. The number of methoxy groups -OCH3 is 1. The van der Waals surface area contributed by atoms with Crippen molar-refractivity contribution in [1.29, 1.82) is 0 Å². The number of aromatic carboxylic acids is 1. The van der Waals surface area contributed by atoms with Gasteiger partial charge in [-0.05, 0) is 40.8 Å². The molecule has 1 N–H and O–H groups in total. The second-order valence-electron chi connectivity index (χ2n) is 4.86. The van der Waals surface area contributed by atoms with Crippen LogP contribution in [-0.2, 0) is 14.8 Å². The molecule has 1 aromatic heterocycles. The lowest BCUT2D eigenvalue weighted by atomic mass is 9.99. The average Bonchev–Trinajstić information content (AvgIpc) is 2.83. The molecule has 0 radical (unpaired) electrons. The first-order valence-corrected chi connectivity index (χ1v) is 9.43. The van der Waals surface area contributed by atoms with Crippen LogP contribution in [0.25, 0.3) is 0 Å². The second-order valence-corrected chi connectivity index (χ2v) is 9.13. The number of rotatable bonds is 5. The summed E-state index contributed by atoms with van der Waals surface area (Å²) in [6, 6.07) is 1.22. The Hall–Kier alpha value is -0.480. The van der Waals surface area contributed by atoms with Crippen LogP contribution in [0, 0.1) is 5.92 Å². The predicted octanol–water partition coefficient (Wildman–Crippen LogP) is 2.26. The summed E-state index contributed by atoms with van der Waals surface area (Å²) in [5.74, 6) is -0.747. The first kappa shape index (κ1) is 16.9. The van der Waals surface area contributed by atoms with Gasteiger partial charge < -0.3 is 9.84 Å². The normalized spacial score (nSPS) is 18.0. The molecule has 0 unspecified atom stereocenters. The van der Waals surface area contributed by atoms with E-state index in [4.69, 9.17) is 9.84 Å². The third kappa shape index (κ3) is 3.65. The van der Waals surface area contributed by atoms with E-state index in [-0.39, 0.29) is 9.77 Å². The van der Waals surface area contributed by atoms with Crippen molar-refractivity contribution in [2.45, 2.75) is 17.7 Å². The highest BCUT2D eigenvalue weighted by Crippen LogP contribution is 2.34. The molecule has 9 heteroatoms. The van der Waals surface area contributed by atoms with Crippen molar-refractivity contribution in [3.05, 3.63) is 14.7 Å². The number of thiophene rings is 1. The molecule has 6 nitrogen and oxygen atoms in total. The van der Waals surface area contributed by atoms with Gasteiger partial charge in [0, 0.05) is 26.8 Å². The van der Waals surface area contributed by atoms with Crippen LogP contribution in [0.4, 0.5) is 0 Å². The van der Waals surface area contributed by atoms with Gasteiger partial charge in [-0.1, -0.05) is 0 Å². The number of hydrogen-bond donors (Lipinski definition) is 1. The summed E-state index contributed by atoms with van der Waals surface area (Å²) in [5.41, 5.74) is 0. The lowest BCUT2D eigenvalue weighted by Crippen LogP contribution is -2.39. The van der Waals surface area contributed by atoms with E-state index in [0.29, 0.717) is 29.4 Å². The van der Waals surface area contributed by atoms with Gasteiger partial charge in [-0.15, -0.1) is 11.3 Å². The maximum absolute atomic E-state index is 12.6. The van der Waals surface area contributed by atoms with Gasteiger partial charge in [0.25, 0.3) is 0 Å². The van der Waals surface area contributed by atoms with Crippen molar-refractivity contribution < 1.29 is 23.1 Å². The largest absolute Gasteiger partial charge is 0.477 e. The highest BCUT2D eigenvalue weighted by molar-refractivity contribution is 9.11. The number of carboxylic acid groups (broad SMARTS) is 1. The fourth-order valence-corrected chi connectivity index (χ4v) is 6.15. The number of piperidine rings is 1. The zero-order valence-electron chi connectivity index (χ0n) is 11.4. The number of halogens is 1. The minimum Gasteiger partial charge on any atom is -0.477 e. The zero-order chi connectivity index (χ0) is 15.6. The maximum Gasteiger partial charge on any atom is 0.345 e. The quantitative estimate of drug-likeness (QED) is 0.823. The van der Waals surface area contributed by atoms with E-state index < -0.39 is 16.0 Å². The number of ether oxygens (including phenoxy) is 1. The van der Waals surface area contributed by atoms with Crippen molar-refractivity contribution in [1.82, 2.24) is 4.31 Å². The zero-order valence-corrected chi connectivity index (χ0v) is 14.6. The Kier molecular flexibility index (Phi) is 5.42. The van der Waals surface area contributed by atoms with E-state index in [0.717, 1.165) is 24.2 Å². The number of nitrogens with zero attached hydrogens (tertiary/aromatic N) is 1. The molecule has 0 amide bonds. The van der Waals surface area contributed by atoms with E-state index in [9.17, 15) is 13.2 Å². The fraction of sp³-hybridized carbons (Fsp3) is 0.583. The molecule has 0 aromatic carbocycles. The molecule has 2 heterocycles. The fourth-order valence-electron chi connectivity index (χ4n) is 2.32. The van der Waals surface area contributed by atoms with Gasteiger partial charge in [0.1, 0.15) is 9.77 Å². The Labute approximate surface area is 135 Å². The van der Waals surface area contributed by atoms with Gasteiger partial charge in [-0.25, -0.2) is 13.2 Å². The summed E-state index contributed by atoms with van der Waals surface area (Å²) in [7, 11) is -2.01. The van der Waals surface area contributed by atoms with Crippen LogP contribution in [0.5, 0.6) is 0 Å². The summed E-state index contributed by atoms with van der Waals surface area (Å²) in [4.78, 5) is 11.0. The highest BCUT2D eigenvalue weighted by atomic mass is 79.9. The van der Waals surface area contributed by atoms with E-state index in [2.05, 4.69) is 15.9 Å². The minimum absolute atomic E-state index is 0.00900. The number of carboxylic acids is 1. The third-order valence-corrected chi connectivity index (χ3v) is 7.60. The summed E-state index contributed by atoms with van der Waals surface area (Å²) >= 11 is 4.07. The van der Waals surface area contributed by atoms with E-state index in [1.54, 1.807) is 7.11 Å². The van der Waals surface area contributed by atoms with Crippen LogP contribution < -0.4 is 0 Å². The van der Waals surface area contributed by atoms with Gasteiger partial charge in [0.15, 0.2) is 0 Å². The third-order valence-electron chi connectivity index (χ3n) is 3.46. The van der Waals surface area contributed by atoms with Crippen molar-refractivity contribution in [2.75, 3.05) is 26.8 Å². The van der Waals surface area contributed by atoms with Crippen LogP contribution in [0.1, 0.15) is 22.5 Å². The van der Waals surface area contributed by atoms with Crippen LogP contribution in [-0.4, -0.2) is 50.6 Å².